The lowest BCUT2D eigenvalue weighted by Gasteiger charge is -2.28. The molecule has 3 nitrogen and oxygen atoms in total. The number of hydrogen-bond donors (Lipinski definition) is 1. The van der Waals surface area contributed by atoms with E-state index in [1.54, 1.807) is 0 Å². The Labute approximate surface area is 109 Å². The van der Waals surface area contributed by atoms with Crippen molar-refractivity contribution in [1.82, 2.24) is 5.48 Å². The van der Waals surface area contributed by atoms with E-state index >= 15 is 0 Å². The van der Waals surface area contributed by atoms with Crippen LogP contribution in [0.25, 0.3) is 0 Å². The topological polar surface area (TPSA) is 30.5 Å². The summed E-state index contributed by atoms with van der Waals surface area (Å²) in [7, 11) is 1.81. The van der Waals surface area contributed by atoms with Gasteiger partial charge in [-0.1, -0.05) is 30.3 Å². The second-order valence-electron chi connectivity index (χ2n) is 4.95. The van der Waals surface area contributed by atoms with Crippen LogP contribution in [0.1, 0.15) is 31.2 Å². The SMILES string of the molecule is CNOCC1CCC(OCc2ccccc2)CC1. The Kier molecular flexibility index (Phi) is 5.65. The van der Waals surface area contributed by atoms with Crippen molar-refractivity contribution in [1.29, 1.82) is 0 Å². The standard InChI is InChI=1S/C15H23NO2/c1-16-18-12-14-7-9-15(10-8-14)17-11-13-5-3-2-4-6-13/h2-6,14-16H,7-12H2,1H3. The van der Waals surface area contributed by atoms with Gasteiger partial charge < -0.3 is 9.57 Å². The van der Waals surface area contributed by atoms with Gasteiger partial charge in [-0.25, -0.2) is 5.48 Å². The van der Waals surface area contributed by atoms with Crippen molar-refractivity contribution in [3.05, 3.63) is 35.9 Å². The van der Waals surface area contributed by atoms with Gasteiger partial charge in [0.25, 0.3) is 0 Å². The van der Waals surface area contributed by atoms with Crippen molar-refractivity contribution in [2.45, 2.75) is 38.4 Å². The second-order valence-corrected chi connectivity index (χ2v) is 4.95. The first-order chi connectivity index (χ1) is 8.88. The van der Waals surface area contributed by atoms with E-state index in [0.717, 1.165) is 26.1 Å². The van der Waals surface area contributed by atoms with Gasteiger partial charge in [0.2, 0.25) is 0 Å². The van der Waals surface area contributed by atoms with Crippen molar-refractivity contribution in [2.75, 3.05) is 13.7 Å². The van der Waals surface area contributed by atoms with Crippen LogP contribution in [0.5, 0.6) is 0 Å². The van der Waals surface area contributed by atoms with E-state index < -0.39 is 0 Å². The zero-order valence-electron chi connectivity index (χ0n) is 11.1. The van der Waals surface area contributed by atoms with Crippen molar-refractivity contribution < 1.29 is 9.57 Å². The summed E-state index contributed by atoms with van der Waals surface area (Å²) in [5.41, 5.74) is 4.00. The quantitative estimate of drug-likeness (QED) is 0.786. The third kappa shape index (κ3) is 4.41. The maximum Gasteiger partial charge on any atom is 0.0720 e. The summed E-state index contributed by atoms with van der Waals surface area (Å²) in [6.45, 7) is 1.56. The monoisotopic (exact) mass is 249 g/mol. The fourth-order valence-corrected chi connectivity index (χ4v) is 2.45. The molecule has 0 heterocycles. The molecular formula is C15H23NO2. The highest BCUT2D eigenvalue weighted by Gasteiger charge is 2.21. The summed E-state index contributed by atoms with van der Waals surface area (Å²) in [4.78, 5) is 5.25. The van der Waals surface area contributed by atoms with E-state index in [9.17, 15) is 0 Å². The number of rotatable bonds is 6. The van der Waals surface area contributed by atoms with E-state index in [-0.39, 0.29) is 0 Å². The zero-order chi connectivity index (χ0) is 12.6. The number of hydrogen-bond acceptors (Lipinski definition) is 3. The lowest BCUT2D eigenvalue weighted by Crippen LogP contribution is -2.25. The first kappa shape index (κ1) is 13.5. The van der Waals surface area contributed by atoms with Crippen LogP contribution in [0, 0.1) is 5.92 Å². The van der Waals surface area contributed by atoms with Crippen LogP contribution in [0.2, 0.25) is 0 Å². The van der Waals surface area contributed by atoms with Gasteiger partial charge in [-0.2, -0.15) is 0 Å². The third-order valence-corrected chi connectivity index (χ3v) is 3.59. The largest absolute Gasteiger partial charge is 0.374 e. The van der Waals surface area contributed by atoms with Gasteiger partial charge in [0.1, 0.15) is 0 Å². The Morgan fingerprint density at radius 2 is 1.83 bits per heavy atom. The summed E-state index contributed by atoms with van der Waals surface area (Å²) < 4.78 is 5.97. The van der Waals surface area contributed by atoms with Crippen LogP contribution in [-0.4, -0.2) is 19.8 Å². The number of nitrogens with one attached hydrogen (secondary N) is 1. The van der Waals surface area contributed by atoms with E-state index in [4.69, 9.17) is 9.57 Å². The highest BCUT2D eigenvalue weighted by atomic mass is 16.6. The highest BCUT2D eigenvalue weighted by molar-refractivity contribution is 5.13. The van der Waals surface area contributed by atoms with Crippen LogP contribution < -0.4 is 5.48 Å². The van der Waals surface area contributed by atoms with Gasteiger partial charge >= 0.3 is 0 Å². The Bertz CT molecular complexity index is 321. The average Bonchev–Trinajstić information content (AvgIpc) is 2.45. The Morgan fingerprint density at radius 1 is 1.11 bits per heavy atom. The molecule has 2 rings (SSSR count). The normalized spacial score (nSPS) is 24.1. The summed E-state index contributed by atoms with van der Waals surface area (Å²) in [6, 6.07) is 10.4. The van der Waals surface area contributed by atoms with Gasteiger partial charge in [0, 0.05) is 7.05 Å². The molecule has 1 fully saturated rings. The number of ether oxygens (including phenoxy) is 1. The van der Waals surface area contributed by atoms with Crippen LogP contribution in [-0.2, 0) is 16.2 Å². The average molecular weight is 249 g/mol. The molecule has 1 N–H and O–H groups in total. The fourth-order valence-electron chi connectivity index (χ4n) is 2.45. The van der Waals surface area contributed by atoms with E-state index in [0.29, 0.717) is 12.0 Å². The summed E-state index contributed by atoms with van der Waals surface area (Å²) >= 11 is 0. The third-order valence-electron chi connectivity index (χ3n) is 3.59. The predicted molar refractivity (Wildman–Crippen MR) is 72.0 cm³/mol. The molecule has 0 unspecified atom stereocenters. The minimum atomic E-state index is 0.427. The van der Waals surface area contributed by atoms with Crippen LogP contribution in [0.3, 0.4) is 0 Å². The summed E-state index contributed by atoms with van der Waals surface area (Å²) in [5.74, 6) is 0.689. The highest BCUT2D eigenvalue weighted by Crippen LogP contribution is 2.26. The molecule has 18 heavy (non-hydrogen) atoms. The van der Waals surface area contributed by atoms with Crippen molar-refractivity contribution in [3.63, 3.8) is 0 Å². The van der Waals surface area contributed by atoms with Crippen molar-refractivity contribution >= 4 is 0 Å². The van der Waals surface area contributed by atoms with Crippen molar-refractivity contribution in [3.8, 4) is 0 Å². The molecule has 0 radical (unpaired) electrons. The summed E-state index contributed by atoms with van der Waals surface area (Å²) in [5, 5.41) is 0. The Hall–Kier alpha value is -0.900. The van der Waals surface area contributed by atoms with E-state index in [1.807, 2.05) is 13.1 Å². The molecule has 0 spiro atoms. The first-order valence-electron chi connectivity index (χ1n) is 6.82. The van der Waals surface area contributed by atoms with E-state index in [1.165, 1.54) is 18.4 Å². The first-order valence-corrected chi connectivity index (χ1v) is 6.82. The molecule has 0 aromatic heterocycles. The molecule has 0 atom stereocenters. The molecule has 0 saturated heterocycles. The van der Waals surface area contributed by atoms with Gasteiger partial charge in [-0.05, 0) is 37.2 Å². The molecule has 1 aliphatic carbocycles. The fraction of sp³-hybridized carbons (Fsp3) is 0.600. The number of hydroxylamine groups is 1. The molecule has 100 valence electrons. The van der Waals surface area contributed by atoms with Gasteiger partial charge in [0.05, 0.1) is 19.3 Å². The predicted octanol–water partition coefficient (Wildman–Crippen LogP) is 2.91. The maximum atomic E-state index is 5.97. The molecule has 0 amide bonds. The lowest BCUT2D eigenvalue weighted by atomic mass is 9.88. The van der Waals surface area contributed by atoms with Crippen LogP contribution in [0.4, 0.5) is 0 Å². The second kappa shape index (κ2) is 7.52. The van der Waals surface area contributed by atoms with E-state index in [2.05, 4.69) is 29.7 Å². The maximum absolute atomic E-state index is 5.97. The van der Waals surface area contributed by atoms with Crippen LogP contribution in [0.15, 0.2) is 30.3 Å². The lowest BCUT2D eigenvalue weighted by molar-refractivity contribution is -0.0205. The minimum absolute atomic E-state index is 0.427. The van der Waals surface area contributed by atoms with Crippen molar-refractivity contribution in [2.24, 2.45) is 5.92 Å². The van der Waals surface area contributed by atoms with Gasteiger partial charge in [-0.15, -0.1) is 0 Å². The minimum Gasteiger partial charge on any atom is -0.374 e. The molecule has 1 saturated carbocycles. The number of benzene rings is 1. The molecule has 1 aliphatic rings. The Balaban J connectivity index is 1.65. The van der Waals surface area contributed by atoms with Crippen LogP contribution >= 0.6 is 0 Å². The zero-order valence-corrected chi connectivity index (χ0v) is 11.1. The smallest absolute Gasteiger partial charge is 0.0720 e. The molecule has 1 aromatic carbocycles. The van der Waals surface area contributed by atoms with Gasteiger partial charge in [0.15, 0.2) is 0 Å². The van der Waals surface area contributed by atoms with Gasteiger partial charge in [-0.3, -0.25) is 0 Å². The molecule has 0 bridgehead atoms. The molecule has 1 aromatic rings. The molecular weight excluding hydrogens is 226 g/mol. The molecule has 3 heteroatoms. The summed E-state index contributed by atoms with van der Waals surface area (Å²) in [6.07, 6.45) is 5.16. The Morgan fingerprint density at radius 3 is 2.50 bits per heavy atom. The molecule has 0 aliphatic heterocycles.